The van der Waals surface area contributed by atoms with Gasteiger partial charge >= 0.3 is 79.4 Å². The molecule has 0 aliphatic heterocycles. The van der Waals surface area contributed by atoms with Crippen LogP contribution in [0.5, 0.6) is 0 Å². The maximum atomic E-state index is 12.8. The molecule has 1 aromatic rings. The molecule has 0 saturated heterocycles. The Balaban J connectivity index is 3.43. The summed E-state index contributed by atoms with van der Waals surface area (Å²) >= 11 is 1.14. The van der Waals surface area contributed by atoms with Crippen molar-refractivity contribution in [3.8, 4) is 0 Å². The van der Waals surface area contributed by atoms with Gasteiger partial charge in [0.2, 0.25) is 0 Å². The van der Waals surface area contributed by atoms with Crippen molar-refractivity contribution in [2.24, 2.45) is 0 Å². The first-order chi connectivity index (χ1) is 5.84. The Kier molecular flexibility index (Phi) is 2.69. The van der Waals surface area contributed by atoms with Gasteiger partial charge in [-0.2, -0.15) is 0 Å². The SMILES string of the molecule is [Li][c]1ccc(F)c(C(F)(F)F)c1F. The Morgan fingerprint density at radius 3 is 2.00 bits per heavy atom. The average molecular weight is 188 g/mol. The van der Waals surface area contributed by atoms with Gasteiger partial charge in [0, 0.05) is 0 Å². The molecule has 0 spiro atoms. The Morgan fingerprint density at radius 1 is 1.08 bits per heavy atom. The quantitative estimate of drug-likeness (QED) is 0.430. The zero-order valence-electron chi connectivity index (χ0n) is 6.54. The van der Waals surface area contributed by atoms with Crippen LogP contribution in [-0.2, 0) is 6.18 Å². The topological polar surface area (TPSA) is 0 Å². The van der Waals surface area contributed by atoms with E-state index >= 15 is 0 Å². The van der Waals surface area contributed by atoms with Gasteiger partial charge in [-0.25, -0.2) is 0 Å². The van der Waals surface area contributed by atoms with E-state index in [-0.39, 0.29) is 4.24 Å². The van der Waals surface area contributed by atoms with Crippen LogP contribution in [0.25, 0.3) is 0 Å². The molecule has 0 nitrogen and oxygen atoms in total. The van der Waals surface area contributed by atoms with Crippen LogP contribution in [0, 0.1) is 11.6 Å². The second-order valence-electron chi connectivity index (χ2n) is 2.55. The number of benzene rings is 1. The predicted molar refractivity (Wildman–Crippen MR) is 36.7 cm³/mol. The van der Waals surface area contributed by atoms with E-state index in [4.69, 9.17) is 0 Å². The molecule has 0 bridgehead atoms. The van der Waals surface area contributed by atoms with E-state index in [0.717, 1.165) is 23.8 Å². The van der Waals surface area contributed by atoms with Crippen LogP contribution in [-0.4, -0.2) is 17.7 Å². The number of hydrogen-bond acceptors (Lipinski definition) is 0. The summed E-state index contributed by atoms with van der Waals surface area (Å²) in [5.41, 5.74) is -1.83. The van der Waals surface area contributed by atoms with E-state index in [1.54, 1.807) is 0 Å². The van der Waals surface area contributed by atoms with Gasteiger partial charge in [0.15, 0.2) is 0 Å². The zero-order chi connectivity index (χ0) is 10.2. The van der Waals surface area contributed by atoms with Gasteiger partial charge in [-0.3, -0.25) is 0 Å². The third kappa shape index (κ3) is 2.04. The summed E-state index contributed by atoms with van der Waals surface area (Å²) in [5, 5.41) is 0. The molecule has 6 heteroatoms. The fourth-order valence-corrected chi connectivity index (χ4v) is 0.917. The van der Waals surface area contributed by atoms with E-state index in [0.29, 0.717) is 6.07 Å². The summed E-state index contributed by atoms with van der Waals surface area (Å²) in [5.74, 6) is -3.14. The van der Waals surface area contributed by atoms with Crippen molar-refractivity contribution in [2.45, 2.75) is 6.18 Å². The molecule has 1 rings (SSSR count). The van der Waals surface area contributed by atoms with Gasteiger partial charge in [0.25, 0.3) is 0 Å². The molecule has 0 aliphatic carbocycles. The Hall–Kier alpha value is -0.533. The molecule has 0 aromatic heterocycles. The van der Waals surface area contributed by atoms with Gasteiger partial charge in [0.1, 0.15) is 0 Å². The van der Waals surface area contributed by atoms with Crippen LogP contribution in [0.2, 0.25) is 0 Å². The van der Waals surface area contributed by atoms with Crippen molar-refractivity contribution in [1.82, 2.24) is 0 Å². The normalized spacial score (nSPS) is 11.9. The number of alkyl halides is 3. The molecule has 0 unspecified atom stereocenters. The Morgan fingerprint density at radius 2 is 1.62 bits per heavy atom. The van der Waals surface area contributed by atoms with E-state index in [9.17, 15) is 22.0 Å². The first-order valence-electron chi connectivity index (χ1n) is 3.36. The molecular formula is C7H2F5Li. The summed E-state index contributed by atoms with van der Waals surface area (Å²) in [6, 6.07) is 1.56. The van der Waals surface area contributed by atoms with Gasteiger partial charge in [-0.15, -0.1) is 0 Å². The fourth-order valence-electron chi connectivity index (χ4n) is 0.917. The molecule has 0 saturated carbocycles. The zero-order valence-corrected chi connectivity index (χ0v) is 6.54. The average Bonchev–Trinajstić information content (AvgIpc) is 1.95. The van der Waals surface area contributed by atoms with Crippen molar-refractivity contribution in [1.29, 1.82) is 0 Å². The van der Waals surface area contributed by atoms with Crippen LogP contribution in [0.4, 0.5) is 22.0 Å². The van der Waals surface area contributed by atoms with E-state index in [2.05, 4.69) is 0 Å². The first-order valence-corrected chi connectivity index (χ1v) is 3.36. The standard InChI is InChI=1S/C7H2F5.Li/c8-4-2-1-3-5(9)6(4)7(10,11)12;/h1-2H;. The van der Waals surface area contributed by atoms with E-state index in [1.165, 1.54) is 0 Å². The summed E-state index contributed by atoms with van der Waals surface area (Å²) in [7, 11) is 0. The third-order valence-electron chi connectivity index (χ3n) is 1.57. The van der Waals surface area contributed by atoms with Crippen molar-refractivity contribution >= 4 is 22.0 Å². The van der Waals surface area contributed by atoms with Crippen LogP contribution < -0.4 is 4.24 Å². The van der Waals surface area contributed by atoms with Gasteiger partial charge in [0.05, 0.1) is 0 Å². The van der Waals surface area contributed by atoms with Gasteiger partial charge < -0.3 is 0 Å². The van der Waals surface area contributed by atoms with Crippen LogP contribution >= 0.6 is 0 Å². The second kappa shape index (κ2) is 3.32. The van der Waals surface area contributed by atoms with Crippen molar-refractivity contribution in [2.75, 3.05) is 0 Å². The van der Waals surface area contributed by atoms with Gasteiger partial charge in [-0.1, -0.05) is 0 Å². The molecule has 66 valence electrons. The van der Waals surface area contributed by atoms with Crippen LogP contribution in [0.1, 0.15) is 5.56 Å². The third-order valence-corrected chi connectivity index (χ3v) is 1.57. The minimum atomic E-state index is -4.99. The molecule has 0 fully saturated rings. The number of halogens is 5. The molecule has 0 heterocycles. The molecule has 0 N–H and O–H groups in total. The predicted octanol–water partition coefficient (Wildman–Crippen LogP) is 1.78. The van der Waals surface area contributed by atoms with E-state index in [1.807, 2.05) is 0 Å². The summed E-state index contributed by atoms with van der Waals surface area (Å²) < 4.78 is 61.2. The van der Waals surface area contributed by atoms with Gasteiger partial charge in [-0.05, 0) is 0 Å². The number of hydrogen-bond donors (Lipinski definition) is 0. The van der Waals surface area contributed by atoms with Crippen molar-refractivity contribution < 1.29 is 22.0 Å². The minimum absolute atomic E-state index is 0.228. The molecule has 1 aromatic carbocycles. The fraction of sp³-hybridized carbons (Fsp3) is 0.143. The summed E-state index contributed by atoms with van der Waals surface area (Å²) in [4.78, 5) is 0. The Bertz CT molecular complexity index is 330. The summed E-state index contributed by atoms with van der Waals surface area (Å²) in [6.45, 7) is 0. The first kappa shape index (κ1) is 10.5. The molecule has 0 aliphatic rings. The molecule has 13 heavy (non-hydrogen) atoms. The number of rotatable bonds is 0. The maximum absolute atomic E-state index is 12.8. The molecule has 0 amide bonds. The van der Waals surface area contributed by atoms with E-state index < -0.39 is 23.4 Å². The molecule has 0 atom stereocenters. The second-order valence-corrected chi connectivity index (χ2v) is 2.55. The van der Waals surface area contributed by atoms with Crippen LogP contribution in [0.15, 0.2) is 12.1 Å². The Labute approximate surface area is 79.9 Å². The van der Waals surface area contributed by atoms with Crippen molar-refractivity contribution in [3.05, 3.63) is 29.3 Å². The van der Waals surface area contributed by atoms with Crippen molar-refractivity contribution in [3.63, 3.8) is 0 Å². The molecule has 0 radical (unpaired) electrons. The molecular weight excluding hydrogens is 186 g/mol. The monoisotopic (exact) mass is 188 g/mol. The van der Waals surface area contributed by atoms with Crippen LogP contribution in [0.3, 0.4) is 0 Å². The summed E-state index contributed by atoms with van der Waals surface area (Å²) in [6.07, 6.45) is -4.99.